The van der Waals surface area contributed by atoms with Crippen LogP contribution in [0.25, 0.3) is 0 Å². The molecule has 28 heavy (non-hydrogen) atoms. The molecule has 1 saturated heterocycles. The lowest BCUT2D eigenvalue weighted by atomic mass is 10.1. The van der Waals surface area contributed by atoms with E-state index in [2.05, 4.69) is 31.6 Å². The molecular formula is C21H25BrClN3O2. The van der Waals surface area contributed by atoms with E-state index in [0.717, 1.165) is 40.1 Å². The normalized spacial score (nSPS) is 22.4. The van der Waals surface area contributed by atoms with Gasteiger partial charge < -0.3 is 20.1 Å². The molecule has 1 aliphatic rings. The van der Waals surface area contributed by atoms with Crippen LogP contribution in [-0.2, 0) is 4.74 Å². The first kappa shape index (κ1) is 21.1. The first-order chi connectivity index (χ1) is 13.3. The smallest absolute Gasteiger partial charge is 0.149 e. The Bertz CT molecular complexity index is 890. The Hall–Kier alpha value is -1.60. The predicted molar refractivity (Wildman–Crippen MR) is 118 cm³/mol. The van der Waals surface area contributed by atoms with Gasteiger partial charge >= 0.3 is 0 Å². The van der Waals surface area contributed by atoms with Crippen molar-refractivity contribution in [3.63, 3.8) is 0 Å². The van der Waals surface area contributed by atoms with Crippen LogP contribution in [0, 0.1) is 13.8 Å². The van der Waals surface area contributed by atoms with E-state index < -0.39 is 5.72 Å². The second kappa shape index (κ2) is 8.82. The summed E-state index contributed by atoms with van der Waals surface area (Å²) in [4.78, 5) is 4.58. The SMILES string of the molecule is Cc1cc(Oc2ccc(Br)c(Cl)c2)c(C)cc1/N=C/NC1(C)CNCC(C)O1. The lowest BCUT2D eigenvalue weighted by Gasteiger charge is -2.37. The maximum Gasteiger partial charge on any atom is 0.149 e. The van der Waals surface area contributed by atoms with E-state index in [9.17, 15) is 0 Å². The van der Waals surface area contributed by atoms with Gasteiger partial charge in [0, 0.05) is 23.6 Å². The van der Waals surface area contributed by atoms with Gasteiger partial charge in [-0.2, -0.15) is 0 Å². The molecule has 1 fully saturated rings. The summed E-state index contributed by atoms with van der Waals surface area (Å²) in [6.07, 6.45) is 1.86. The first-order valence-electron chi connectivity index (χ1n) is 9.19. The van der Waals surface area contributed by atoms with Gasteiger partial charge in [0.1, 0.15) is 17.2 Å². The largest absolute Gasteiger partial charge is 0.457 e. The van der Waals surface area contributed by atoms with Crippen LogP contribution in [0.3, 0.4) is 0 Å². The Kier molecular flexibility index (Phi) is 6.65. The maximum absolute atomic E-state index is 6.15. The average Bonchev–Trinajstić information content (AvgIpc) is 2.62. The second-order valence-electron chi connectivity index (χ2n) is 7.27. The summed E-state index contributed by atoms with van der Waals surface area (Å²) in [6, 6.07) is 9.53. The Morgan fingerprint density at radius 2 is 2.11 bits per heavy atom. The summed E-state index contributed by atoms with van der Waals surface area (Å²) in [5.41, 5.74) is 2.43. The van der Waals surface area contributed by atoms with Crippen LogP contribution in [0.15, 0.2) is 39.8 Å². The number of hydrogen-bond acceptors (Lipinski definition) is 4. The van der Waals surface area contributed by atoms with Crippen molar-refractivity contribution in [2.75, 3.05) is 13.1 Å². The number of aryl methyl sites for hydroxylation is 2. The molecule has 0 spiro atoms. The summed E-state index contributed by atoms with van der Waals surface area (Å²) in [6.45, 7) is 9.66. The molecule has 3 rings (SSSR count). The minimum Gasteiger partial charge on any atom is -0.457 e. The summed E-state index contributed by atoms with van der Waals surface area (Å²) in [7, 11) is 0. The number of hydrogen-bond donors (Lipinski definition) is 2. The minimum absolute atomic E-state index is 0.159. The monoisotopic (exact) mass is 465 g/mol. The van der Waals surface area contributed by atoms with Gasteiger partial charge in [0.2, 0.25) is 0 Å². The molecule has 2 aromatic carbocycles. The van der Waals surface area contributed by atoms with Crippen LogP contribution in [0.5, 0.6) is 11.5 Å². The fraction of sp³-hybridized carbons (Fsp3) is 0.381. The Balaban J connectivity index is 1.71. The van der Waals surface area contributed by atoms with Crippen molar-refractivity contribution in [1.82, 2.24) is 10.6 Å². The van der Waals surface area contributed by atoms with E-state index in [1.807, 2.05) is 52.0 Å². The molecule has 2 unspecified atom stereocenters. The van der Waals surface area contributed by atoms with Crippen LogP contribution < -0.4 is 15.4 Å². The third-order valence-electron chi connectivity index (χ3n) is 4.54. The predicted octanol–water partition coefficient (Wildman–Crippen LogP) is 5.49. The number of morpholine rings is 1. The van der Waals surface area contributed by atoms with Gasteiger partial charge in [0.25, 0.3) is 0 Å². The van der Waals surface area contributed by atoms with E-state index >= 15 is 0 Å². The van der Waals surface area contributed by atoms with Gasteiger partial charge in [-0.3, -0.25) is 0 Å². The molecule has 5 nitrogen and oxygen atoms in total. The van der Waals surface area contributed by atoms with Gasteiger partial charge in [0.15, 0.2) is 0 Å². The van der Waals surface area contributed by atoms with Crippen LogP contribution >= 0.6 is 27.5 Å². The molecule has 2 aromatic rings. The zero-order chi connectivity index (χ0) is 20.3. The van der Waals surface area contributed by atoms with Crippen molar-refractivity contribution in [2.24, 2.45) is 4.99 Å². The molecule has 0 saturated carbocycles. The molecule has 0 aromatic heterocycles. The highest BCUT2D eigenvalue weighted by Crippen LogP contribution is 2.34. The Morgan fingerprint density at radius 1 is 1.32 bits per heavy atom. The van der Waals surface area contributed by atoms with Crippen molar-refractivity contribution in [1.29, 1.82) is 0 Å². The highest BCUT2D eigenvalue weighted by molar-refractivity contribution is 9.10. The van der Waals surface area contributed by atoms with Crippen LogP contribution in [0.2, 0.25) is 5.02 Å². The number of benzene rings is 2. The third-order valence-corrected chi connectivity index (χ3v) is 5.77. The molecule has 1 aliphatic heterocycles. The number of aliphatic imine (C=N–C) groups is 1. The molecule has 2 N–H and O–H groups in total. The quantitative estimate of drug-likeness (QED) is 0.452. The molecule has 0 bridgehead atoms. The van der Waals surface area contributed by atoms with Crippen molar-refractivity contribution in [3.8, 4) is 11.5 Å². The standard InChI is InChI=1S/C21H25BrClN3O2/c1-13-8-20(27-16-5-6-17(22)18(23)9-16)14(2)7-19(13)25-12-26-21(4)11-24-10-15(3)28-21/h5-9,12,15,24H,10-11H2,1-4H3,(H,25,26). The zero-order valence-electron chi connectivity index (χ0n) is 16.5. The fourth-order valence-corrected chi connectivity index (χ4v) is 3.47. The first-order valence-corrected chi connectivity index (χ1v) is 10.4. The van der Waals surface area contributed by atoms with Crippen molar-refractivity contribution >= 4 is 39.6 Å². The van der Waals surface area contributed by atoms with E-state index in [1.165, 1.54) is 0 Å². The number of nitrogens with zero attached hydrogens (tertiary/aromatic N) is 1. The van der Waals surface area contributed by atoms with Gasteiger partial charge in [-0.15, -0.1) is 0 Å². The maximum atomic E-state index is 6.15. The van der Waals surface area contributed by atoms with Crippen LogP contribution in [0.4, 0.5) is 5.69 Å². The number of nitrogens with one attached hydrogen (secondary N) is 2. The van der Waals surface area contributed by atoms with E-state index in [1.54, 1.807) is 12.4 Å². The summed E-state index contributed by atoms with van der Waals surface area (Å²) in [5.74, 6) is 1.47. The lowest BCUT2D eigenvalue weighted by Crippen LogP contribution is -2.58. The number of rotatable bonds is 5. The van der Waals surface area contributed by atoms with Gasteiger partial charge in [-0.1, -0.05) is 11.6 Å². The van der Waals surface area contributed by atoms with Gasteiger partial charge in [0.05, 0.1) is 23.2 Å². The molecule has 0 radical (unpaired) electrons. The molecule has 7 heteroatoms. The third kappa shape index (κ3) is 5.26. The van der Waals surface area contributed by atoms with Crippen molar-refractivity contribution in [2.45, 2.75) is 39.5 Å². The van der Waals surface area contributed by atoms with Gasteiger partial charge in [-0.05, 0) is 79.0 Å². The molecule has 2 atom stereocenters. The minimum atomic E-state index is -0.464. The highest BCUT2D eigenvalue weighted by Gasteiger charge is 2.29. The Morgan fingerprint density at radius 3 is 2.82 bits per heavy atom. The highest BCUT2D eigenvalue weighted by atomic mass is 79.9. The number of ether oxygens (including phenoxy) is 2. The summed E-state index contributed by atoms with van der Waals surface area (Å²) in [5, 5.41) is 7.23. The molecule has 0 aliphatic carbocycles. The topological polar surface area (TPSA) is 54.9 Å². The van der Waals surface area contributed by atoms with Crippen molar-refractivity contribution in [3.05, 3.63) is 51.0 Å². The summed E-state index contributed by atoms with van der Waals surface area (Å²) >= 11 is 9.54. The van der Waals surface area contributed by atoms with Crippen LogP contribution in [-0.4, -0.2) is 31.3 Å². The molecule has 150 valence electrons. The molecule has 1 heterocycles. The zero-order valence-corrected chi connectivity index (χ0v) is 18.8. The van der Waals surface area contributed by atoms with E-state index in [4.69, 9.17) is 21.1 Å². The average molecular weight is 467 g/mol. The second-order valence-corrected chi connectivity index (χ2v) is 8.54. The lowest BCUT2D eigenvalue weighted by molar-refractivity contribution is -0.105. The van der Waals surface area contributed by atoms with E-state index in [0.29, 0.717) is 10.8 Å². The number of halogens is 2. The van der Waals surface area contributed by atoms with E-state index in [-0.39, 0.29) is 6.10 Å². The van der Waals surface area contributed by atoms with Gasteiger partial charge in [-0.25, -0.2) is 4.99 Å². The Labute approximate surface area is 179 Å². The fourth-order valence-electron chi connectivity index (χ4n) is 3.06. The van der Waals surface area contributed by atoms with Crippen LogP contribution in [0.1, 0.15) is 25.0 Å². The summed E-state index contributed by atoms with van der Waals surface area (Å²) < 4.78 is 12.8. The van der Waals surface area contributed by atoms with Crippen molar-refractivity contribution < 1.29 is 9.47 Å². The molecular weight excluding hydrogens is 442 g/mol. The molecule has 0 amide bonds.